The monoisotopic (exact) mass is 421 g/mol. The van der Waals surface area contributed by atoms with E-state index in [0.29, 0.717) is 5.01 Å². The number of thiazole rings is 1. The maximum atomic E-state index is 13.4. The van der Waals surface area contributed by atoms with Crippen LogP contribution in [0.4, 0.5) is 15.8 Å². The molecule has 0 fully saturated rings. The zero-order valence-corrected chi connectivity index (χ0v) is 15.9. The zero-order chi connectivity index (χ0) is 20.3. The van der Waals surface area contributed by atoms with Gasteiger partial charge in [0.2, 0.25) is 5.82 Å². The lowest BCUT2D eigenvalue weighted by atomic mass is 10.2. The molecular weight excluding hydrogens is 409 g/mol. The SMILES string of the molecule is CC(OC(=O)c1csc(-c2cccs2)n1)C(=O)Nc1ccc(F)c([N+](=O)[O-])c1. The first-order chi connectivity index (χ1) is 13.3. The molecule has 0 aliphatic carbocycles. The maximum absolute atomic E-state index is 13.4. The number of nitro groups is 1. The maximum Gasteiger partial charge on any atom is 0.358 e. The van der Waals surface area contributed by atoms with E-state index in [1.807, 2.05) is 17.5 Å². The molecule has 1 aromatic carbocycles. The molecule has 0 saturated carbocycles. The van der Waals surface area contributed by atoms with E-state index in [0.717, 1.165) is 17.0 Å². The summed E-state index contributed by atoms with van der Waals surface area (Å²) in [5.74, 6) is -2.51. The van der Waals surface area contributed by atoms with Crippen LogP contribution in [-0.4, -0.2) is 27.9 Å². The molecule has 1 amide bonds. The van der Waals surface area contributed by atoms with Crippen molar-refractivity contribution in [1.82, 2.24) is 4.98 Å². The Hall–Kier alpha value is -3.18. The number of aromatic nitrogens is 1. The van der Waals surface area contributed by atoms with Crippen LogP contribution in [0.1, 0.15) is 17.4 Å². The van der Waals surface area contributed by atoms with Gasteiger partial charge in [-0.3, -0.25) is 14.9 Å². The molecule has 3 aromatic rings. The number of nitro benzene ring substituents is 1. The Morgan fingerprint density at radius 2 is 2.11 bits per heavy atom. The van der Waals surface area contributed by atoms with Gasteiger partial charge >= 0.3 is 11.7 Å². The van der Waals surface area contributed by atoms with Crippen molar-refractivity contribution in [3.05, 3.63) is 62.7 Å². The zero-order valence-electron chi connectivity index (χ0n) is 14.2. The van der Waals surface area contributed by atoms with Crippen LogP contribution in [0.5, 0.6) is 0 Å². The number of rotatable bonds is 6. The lowest BCUT2D eigenvalue weighted by molar-refractivity contribution is -0.387. The van der Waals surface area contributed by atoms with Gasteiger partial charge in [0.1, 0.15) is 5.01 Å². The summed E-state index contributed by atoms with van der Waals surface area (Å²) in [7, 11) is 0. The summed E-state index contributed by atoms with van der Waals surface area (Å²) in [5, 5.41) is 17.2. The van der Waals surface area contributed by atoms with E-state index in [9.17, 15) is 24.1 Å². The first kappa shape index (κ1) is 19.6. The van der Waals surface area contributed by atoms with E-state index >= 15 is 0 Å². The smallest absolute Gasteiger partial charge is 0.358 e. The molecule has 0 saturated heterocycles. The molecule has 2 heterocycles. The number of halogens is 1. The van der Waals surface area contributed by atoms with Crippen LogP contribution < -0.4 is 5.32 Å². The van der Waals surface area contributed by atoms with Crippen LogP contribution in [0, 0.1) is 15.9 Å². The van der Waals surface area contributed by atoms with E-state index in [-0.39, 0.29) is 11.4 Å². The van der Waals surface area contributed by atoms with E-state index in [1.54, 1.807) is 0 Å². The number of nitrogens with one attached hydrogen (secondary N) is 1. The predicted molar refractivity (Wildman–Crippen MR) is 102 cm³/mol. The number of benzene rings is 1. The number of hydrogen-bond donors (Lipinski definition) is 1. The second-order valence-electron chi connectivity index (χ2n) is 5.48. The van der Waals surface area contributed by atoms with Gasteiger partial charge in [0.05, 0.1) is 9.80 Å². The molecule has 0 aliphatic heterocycles. The summed E-state index contributed by atoms with van der Waals surface area (Å²) in [6.45, 7) is 1.34. The molecule has 0 radical (unpaired) electrons. The number of ether oxygens (including phenoxy) is 1. The highest BCUT2D eigenvalue weighted by Crippen LogP contribution is 2.28. The van der Waals surface area contributed by atoms with Crippen molar-refractivity contribution in [2.75, 3.05) is 5.32 Å². The third-order valence-corrected chi connectivity index (χ3v) is 5.39. The van der Waals surface area contributed by atoms with E-state index in [1.165, 1.54) is 41.0 Å². The summed E-state index contributed by atoms with van der Waals surface area (Å²) in [5.41, 5.74) is -0.689. The first-order valence-electron chi connectivity index (χ1n) is 7.80. The highest BCUT2D eigenvalue weighted by atomic mass is 32.1. The average Bonchev–Trinajstić information content (AvgIpc) is 3.34. The third-order valence-electron chi connectivity index (χ3n) is 3.51. The van der Waals surface area contributed by atoms with Gasteiger partial charge in [-0.1, -0.05) is 6.07 Å². The summed E-state index contributed by atoms with van der Waals surface area (Å²) < 4.78 is 18.4. The average molecular weight is 421 g/mol. The molecule has 3 rings (SSSR count). The minimum absolute atomic E-state index is 0.00892. The van der Waals surface area contributed by atoms with Crippen LogP contribution in [0.3, 0.4) is 0 Å². The van der Waals surface area contributed by atoms with Gasteiger partial charge in [-0.15, -0.1) is 22.7 Å². The number of amides is 1. The van der Waals surface area contributed by atoms with Gasteiger partial charge in [0, 0.05) is 17.1 Å². The topological polar surface area (TPSA) is 111 Å². The van der Waals surface area contributed by atoms with Gasteiger partial charge in [-0.25, -0.2) is 9.78 Å². The number of hydrogen-bond acceptors (Lipinski definition) is 8. The van der Waals surface area contributed by atoms with Gasteiger partial charge < -0.3 is 10.1 Å². The Bertz CT molecular complexity index is 1040. The van der Waals surface area contributed by atoms with E-state index in [2.05, 4.69) is 10.3 Å². The largest absolute Gasteiger partial charge is 0.448 e. The van der Waals surface area contributed by atoms with Gasteiger partial charge in [-0.2, -0.15) is 4.39 Å². The lowest BCUT2D eigenvalue weighted by Gasteiger charge is -2.12. The molecule has 1 N–H and O–H groups in total. The predicted octanol–water partition coefficient (Wildman–Crippen LogP) is 4.10. The second kappa shape index (κ2) is 8.23. The molecule has 0 aliphatic rings. The fourth-order valence-corrected chi connectivity index (χ4v) is 3.73. The number of carbonyl (C=O) groups is 2. The molecule has 28 heavy (non-hydrogen) atoms. The molecule has 0 bridgehead atoms. The van der Waals surface area contributed by atoms with Gasteiger partial charge in [0.25, 0.3) is 5.91 Å². The molecule has 8 nitrogen and oxygen atoms in total. The van der Waals surface area contributed by atoms with E-state index < -0.39 is 34.4 Å². The van der Waals surface area contributed by atoms with Crippen molar-refractivity contribution >= 4 is 45.9 Å². The Labute approximate surface area is 165 Å². The Balaban J connectivity index is 1.63. The van der Waals surface area contributed by atoms with Gasteiger partial charge in [-0.05, 0) is 30.5 Å². The van der Waals surface area contributed by atoms with Crippen LogP contribution >= 0.6 is 22.7 Å². The Kier molecular flexibility index (Phi) is 5.76. The fraction of sp³-hybridized carbons (Fsp3) is 0.118. The highest BCUT2D eigenvalue weighted by molar-refractivity contribution is 7.20. The van der Waals surface area contributed by atoms with Crippen molar-refractivity contribution in [2.24, 2.45) is 0 Å². The molecule has 144 valence electrons. The van der Waals surface area contributed by atoms with Crippen LogP contribution in [0.2, 0.25) is 0 Å². The minimum Gasteiger partial charge on any atom is -0.448 e. The van der Waals surface area contributed by atoms with Crippen molar-refractivity contribution in [2.45, 2.75) is 13.0 Å². The van der Waals surface area contributed by atoms with Crippen molar-refractivity contribution < 1.29 is 23.6 Å². The molecule has 1 unspecified atom stereocenters. The number of thiophene rings is 1. The van der Waals surface area contributed by atoms with Crippen molar-refractivity contribution in [3.8, 4) is 9.88 Å². The van der Waals surface area contributed by atoms with Crippen molar-refractivity contribution in [3.63, 3.8) is 0 Å². The molecular formula is C17H12FN3O5S2. The Morgan fingerprint density at radius 1 is 1.32 bits per heavy atom. The van der Waals surface area contributed by atoms with Crippen molar-refractivity contribution in [1.29, 1.82) is 0 Å². The standard InChI is InChI=1S/C17H12FN3O5S2/c1-9(15(22)19-10-4-5-11(18)13(7-10)21(24)25)26-17(23)12-8-28-16(20-12)14-3-2-6-27-14/h2-9H,1H3,(H,19,22). The summed E-state index contributed by atoms with van der Waals surface area (Å²) in [6, 6.07) is 6.66. The van der Waals surface area contributed by atoms with Gasteiger partial charge in [0.15, 0.2) is 11.8 Å². The first-order valence-corrected chi connectivity index (χ1v) is 9.56. The second-order valence-corrected chi connectivity index (χ2v) is 7.28. The number of esters is 1. The molecule has 11 heteroatoms. The Morgan fingerprint density at radius 3 is 2.79 bits per heavy atom. The normalized spacial score (nSPS) is 11.6. The van der Waals surface area contributed by atoms with Crippen LogP contribution in [0.25, 0.3) is 9.88 Å². The highest BCUT2D eigenvalue weighted by Gasteiger charge is 2.22. The quantitative estimate of drug-likeness (QED) is 0.364. The van der Waals surface area contributed by atoms with Crippen LogP contribution in [-0.2, 0) is 9.53 Å². The summed E-state index contributed by atoms with van der Waals surface area (Å²) in [6.07, 6.45) is -1.19. The number of anilines is 1. The van der Waals surface area contributed by atoms with Crippen LogP contribution in [0.15, 0.2) is 41.1 Å². The lowest BCUT2D eigenvalue weighted by Crippen LogP contribution is -2.30. The van der Waals surface area contributed by atoms with E-state index in [4.69, 9.17) is 4.74 Å². The summed E-state index contributed by atoms with van der Waals surface area (Å²) in [4.78, 5) is 39.3. The molecule has 1 atom stereocenters. The summed E-state index contributed by atoms with van der Waals surface area (Å²) >= 11 is 2.76. The number of carbonyl (C=O) groups excluding carboxylic acids is 2. The molecule has 0 spiro atoms. The third kappa shape index (κ3) is 4.38. The molecule has 2 aromatic heterocycles. The number of nitrogens with zero attached hydrogens (tertiary/aromatic N) is 2. The minimum atomic E-state index is -1.19. The fourth-order valence-electron chi connectivity index (χ4n) is 2.13.